The molecule has 0 heterocycles. The molecule has 0 unspecified atom stereocenters. The van der Waals surface area contributed by atoms with E-state index in [1.54, 1.807) is 0 Å². The molecule has 0 saturated heterocycles. The number of benzene rings is 2. The summed E-state index contributed by atoms with van der Waals surface area (Å²) in [6.07, 6.45) is 0.563. The first-order valence-corrected chi connectivity index (χ1v) is 5.25. The highest BCUT2D eigenvalue weighted by Gasteiger charge is 2.07. The largest absolute Gasteiger partial charge is 0.294 e. The highest BCUT2D eigenvalue weighted by atomic mass is 16.1. The highest BCUT2D eigenvalue weighted by Crippen LogP contribution is 2.21. The lowest BCUT2D eigenvalue weighted by Gasteiger charge is -2.05. The third-order valence-corrected chi connectivity index (χ3v) is 2.66. The van der Waals surface area contributed by atoms with Crippen LogP contribution in [0.2, 0.25) is 0 Å². The van der Waals surface area contributed by atoms with Crippen LogP contribution in [0.1, 0.15) is 29.3 Å². The number of fused-ring (bicyclic) bond motifs is 1. The van der Waals surface area contributed by atoms with Crippen molar-refractivity contribution in [2.75, 3.05) is 0 Å². The summed E-state index contributed by atoms with van der Waals surface area (Å²) in [6.45, 7) is 3.95. The number of hydrogen-bond donors (Lipinski definition) is 0. The minimum Gasteiger partial charge on any atom is -0.294 e. The van der Waals surface area contributed by atoms with Gasteiger partial charge in [-0.25, -0.2) is 0 Å². The predicted octanol–water partition coefficient (Wildman–Crippen LogP) is 3.74. The lowest BCUT2D eigenvalue weighted by atomic mass is 9.99. The average Bonchev–Trinajstić information content (AvgIpc) is 2.27. The summed E-state index contributed by atoms with van der Waals surface area (Å²) in [4.78, 5) is 11.7. The molecule has 0 spiro atoms. The van der Waals surface area contributed by atoms with Gasteiger partial charge in [-0.1, -0.05) is 48.9 Å². The Labute approximate surface area is 89.7 Å². The Morgan fingerprint density at radius 3 is 2.73 bits per heavy atom. The van der Waals surface area contributed by atoms with Crippen LogP contribution in [-0.2, 0) is 0 Å². The van der Waals surface area contributed by atoms with Crippen molar-refractivity contribution >= 4 is 16.6 Å². The van der Waals surface area contributed by atoms with Crippen molar-refractivity contribution in [2.45, 2.75) is 20.3 Å². The topological polar surface area (TPSA) is 17.1 Å². The fraction of sp³-hybridized carbons (Fsp3) is 0.214. The summed E-state index contributed by atoms with van der Waals surface area (Å²) >= 11 is 0. The molecule has 0 bridgehead atoms. The van der Waals surface area contributed by atoms with E-state index < -0.39 is 0 Å². The number of ketones is 1. The number of carbonyl (C=O) groups excluding carboxylic acids is 1. The van der Waals surface area contributed by atoms with Crippen molar-refractivity contribution < 1.29 is 4.79 Å². The molecular formula is C14H14O. The van der Waals surface area contributed by atoms with Crippen molar-refractivity contribution in [1.82, 2.24) is 0 Å². The molecule has 0 aliphatic heterocycles. The van der Waals surface area contributed by atoms with Gasteiger partial charge in [-0.2, -0.15) is 0 Å². The smallest absolute Gasteiger partial charge is 0.163 e. The zero-order valence-corrected chi connectivity index (χ0v) is 9.08. The molecule has 15 heavy (non-hydrogen) atoms. The SMILES string of the molecule is CCC(=O)c1cccc2ccc(C)cc12. The van der Waals surface area contributed by atoms with Crippen LogP contribution < -0.4 is 0 Å². The average molecular weight is 198 g/mol. The first-order chi connectivity index (χ1) is 7.22. The minimum atomic E-state index is 0.214. The second-order valence-corrected chi connectivity index (χ2v) is 3.81. The number of Topliss-reactive ketones (excluding diaryl/α,β-unsaturated/α-hetero) is 1. The van der Waals surface area contributed by atoms with Crippen LogP contribution in [0.15, 0.2) is 36.4 Å². The molecule has 0 aliphatic rings. The van der Waals surface area contributed by atoms with Gasteiger partial charge in [0.05, 0.1) is 0 Å². The molecule has 0 aliphatic carbocycles. The Morgan fingerprint density at radius 1 is 1.20 bits per heavy atom. The molecule has 0 aromatic heterocycles. The van der Waals surface area contributed by atoms with E-state index >= 15 is 0 Å². The second-order valence-electron chi connectivity index (χ2n) is 3.81. The predicted molar refractivity (Wildman–Crippen MR) is 63.3 cm³/mol. The van der Waals surface area contributed by atoms with Crippen molar-refractivity contribution in [3.63, 3.8) is 0 Å². The summed E-state index contributed by atoms with van der Waals surface area (Å²) in [5.41, 5.74) is 2.04. The van der Waals surface area contributed by atoms with E-state index in [1.807, 2.05) is 32.0 Å². The Kier molecular flexibility index (Phi) is 2.55. The van der Waals surface area contributed by atoms with Gasteiger partial charge in [0.2, 0.25) is 0 Å². The molecule has 76 valence electrons. The maximum atomic E-state index is 11.7. The fourth-order valence-corrected chi connectivity index (χ4v) is 1.82. The number of rotatable bonds is 2. The van der Waals surface area contributed by atoms with Gasteiger partial charge in [0, 0.05) is 12.0 Å². The van der Waals surface area contributed by atoms with E-state index in [4.69, 9.17) is 0 Å². The minimum absolute atomic E-state index is 0.214. The first kappa shape index (κ1) is 9.91. The molecule has 2 aromatic rings. The third kappa shape index (κ3) is 1.78. The maximum absolute atomic E-state index is 11.7. The lowest BCUT2D eigenvalue weighted by Crippen LogP contribution is -1.97. The van der Waals surface area contributed by atoms with Gasteiger partial charge in [0.15, 0.2) is 5.78 Å². The molecule has 0 amide bonds. The zero-order chi connectivity index (χ0) is 10.8. The Hall–Kier alpha value is -1.63. The van der Waals surface area contributed by atoms with E-state index in [0.717, 1.165) is 16.3 Å². The molecule has 0 radical (unpaired) electrons. The van der Waals surface area contributed by atoms with Gasteiger partial charge in [-0.3, -0.25) is 4.79 Å². The molecule has 2 rings (SSSR count). The Morgan fingerprint density at radius 2 is 2.00 bits per heavy atom. The third-order valence-electron chi connectivity index (χ3n) is 2.66. The number of hydrogen-bond acceptors (Lipinski definition) is 1. The van der Waals surface area contributed by atoms with E-state index in [-0.39, 0.29) is 5.78 Å². The van der Waals surface area contributed by atoms with E-state index in [9.17, 15) is 4.79 Å². The van der Waals surface area contributed by atoms with Crippen molar-refractivity contribution in [1.29, 1.82) is 0 Å². The standard InChI is InChI=1S/C14H14O/c1-3-14(15)12-6-4-5-11-8-7-10(2)9-13(11)12/h4-9H,3H2,1-2H3. The van der Waals surface area contributed by atoms with Gasteiger partial charge in [-0.05, 0) is 17.7 Å². The molecule has 0 N–H and O–H groups in total. The van der Waals surface area contributed by atoms with Gasteiger partial charge >= 0.3 is 0 Å². The number of carbonyl (C=O) groups is 1. The molecule has 0 fully saturated rings. The van der Waals surface area contributed by atoms with E-state index in [1.165, 1.54) is 5.56 Å². The van der Waals surface area contributed by atoms with Crippen LogP contribution in [-0.4, -0.2) is 5.78 Å². The quantitative estimate of drug-likeness (QED) is 0.672. The van der Waals surface area contributed by atoms with Gasteiger partial charge in [0.1, 0.15) is 0 Å². The molecule has 0 saturated carbocycles. The summed E-state index contributed by atoms with van der Waals surface area (Å²) in [5.74, 6) is 0.214. The maximum Gasteiger partial charge on any atom is 0.163 e. The summed E-state index contributed by atoms with van der Waals surface area (Å²) < 4.78 is 0. The van der Waals surface area contributed by atoms with E-state index in [2.05, 4.69) is 18.2 Å². The molecule has 2 aromatic carbocycles. The number of aryl methyl sites for hydroxylation is 1. The molecule has 1 nitrogen and oxygen atoms in total. The van der Waals surface area contributed by atoms with Crippen LogP contribution in [0.3, 0.4) is 0 Å². The Bertz CT molecular complexity index is 512. The van der Waals surface area contributed by atoms with Gasteiger partial charge < -0.3 is 0 Å². The molecule has 1 heteroatoms. The second kappa shape index (κ2) is 3.85. The molecular weight excluding hydrogens is 184 g/mol. The van der Waals surface area contributed by atoms with Crippen LogP contribution >= 0.6 is 0 Å². The van der Waals surface area contributed by atoms with Crippen LogP contribution in [0, 0.1) is 6.92 Å². The Balaban J connectivity index is 2.74. The van der Waals surface area contributed by atoms with Crippen molar-refractivity contribution in [3.8, 4) is 0 Å². The fourth-order valence-electron chi connectivity index (χ4n) is 1.82. The van der Waals surface area contributed by atoms with Gasteiger partial charge in [-0.15, -0.1) is 0 Å². The summed E-state index contributed by atoms with van der Waals surface area (Å²) in [6, 6.07) is 12.1. The van der Waals surface area contributed by atoms with Gasteiger partial charge in [0.25, 0.3) is 0 Å². The summed E-state index contributed by atoms with van der Waals surface area (Å²) in [7, 11) is 0. The van der Waals surface area contributed by atoms with Crippen molar-refractivity contribution in [2.24, 2.45) is 0 Å². The first-order valence-electron chi connectivity index (χ1n) is 5.25. The lowest BCUT2D eigenvalue weighted by molar-refractivity contribution is 0.0990. The van der Waals surface area contributed by atoms with Crippen LogP contribution in [0.5, 0.6) is 0 Å². The van der Waals surface area contributed by atoms with E-state index in [0.29, 0.717) is 6.42 Å². The van der Waals surface area contributed by atoms with Crippen LogP contribution in [0.4, 0.5) is 0 Å². The van der Waals surface area contributed by atoms with Crippen molar-refractivity contribution in [3.05, 3.63) is 47.5 Å². The zero-order valence-electron chi connectivity index (χ0n) is 9.08. The summed E-state index contributed by atoms with van der Waals surface area (Å²) in [5, 5.41) is 2.21. The normalized spacial score (nSPS) is 10.5. The van der Waals surface area contributed by atoms with Crippen LogP contribution in [0.25, 0.3) is 10.8 Å². The monoisotopic (exact) mass is 198 g/mol. The molecule has 0 atom stereocenters. The highest BCUT2D eigenvalue weighted by molar-refractivity contribution is 6.08.